The molecule has 3 rings (SSSR count). The molecule has 1 aliphatic carbocycles. The molecule has 1 aromatic carbocycles. The smallest absolute Gasteiger partial charge is 0.344 e. The standard InChI is InChI=1S/C15H17FN4O2S/c1-9(13(21)17-8-10-2-4-11(16)5-3-10)23-15-19-18-14(22)20(15)12-6-7-12/h2-5,9,12H,6-8H2,1H3,(H,17,21)(H,18,22)/t9-/m1/s1. The van der Waals surface area contributed by atoms with E-state index in [-0.39, 0.29) is 28.7 Å². The predicted octanol–water partition coefficient (Wildman–Crippen LogP) is 1.84. The number of rotatable bonds is 6. The fraction of sp³-hybridized carbons (Fsp3) is 0.400. The first-order valence-electron chi connectivity index (χ1n) is 7.40. The summed E-state index contributed by atoms with van der Waals surface area (Å²) in [6.07, 6.45) is 1.94. The van der Waals surface area contributed by atoms with Gasteiger partial charge in [0.1, 0.15) is 5.82 Å². The van der Waals surface area contributed by atoms with Gasteiger partial charge in [0.05, 0.1) is 5.25 Å². The van der Waals surface area contributed by atoms with Crippen LogP contribution in [0.5, 0.6) is 0 Å². The first kappa shape index (κ1) is 15.8. The van der Waals surface area contributed by atoms with Crippen LogP contribution in [0.1, 0.15) is 31.4 Å². The molecule has 1 amide bonds. The maximum absolute atomic E-state index is 12.8. The van der Waals surface area contributed by atoms with Crippen molar-refractivity contribution in [2.24, 2.45) is 0 Å². The lowest BCUT2D eigenvalue weighted by Gasteiger charge is -2.12. The fourth-order valence-electron chi connectivity index (χ4n) is 2.17. The Morgan fingerprint density at radius 3 is 2.83 bits per heavy atom. The Hall–Kier alpha value is -2.09. The summed E-state index contributed by atoms with van der Waals surface area (Å²) in [6, 6.07) is 6.19. The van der Waals surface area contributed by atoms with Crippen molar-refractivity contribution in [2.45, 2.75) is 42.8 Å². The number of amides is 1. The van der Waals surface area contributed by atoms with Gasteiger partial charge in [-0.25, -0.2) is 14.3 Å². The van der Waals surface area contributed by atoms with Crippen LogP contribution >= 0.6 is 11.8 Å². The van der Waals surface area contributed by atoms with Gasteiger partial charge in [0.15, 0.2) is 5.16 Å². The van der Waals surface area contributed by atoms with E-state index in [0.29, 0.717) is 11.7 Å². The molecule has 1 fully saturated rings. The second kappa shape index (κ2) is 6.57. The molecular weight excluding hydrogens is 319 g/mol. The monoisotopic (exact) mass is 336 g/mol. The number of thioether (sulfide) groups is 1. The molecule has 6 nitrogen and oxygen atoms in total. The zero-order valence-corrected chi connectivity index (χ0v) is 13.4. The van der Waals surface area contributed by atoms with Crippen LogP contribution in [0.25, 0.3) is 0 Å². The molecule has 0 unspecified atom stereocenters. The van der Waals surface area contributed by atoms with E-state index in [1.165, 1.54) is 23.9 Å². The maximum atomic E-state index is 12.8. The van der Waals surface area contributed by atoms with E-state index in [1.54, 1.807) is 23.6 Å². The Kier molecular flexibility index (Phi) is 4.51. The third-order valence-corrected chi connectivity index (χ3v) is 4.68. The number of nitrogens with zero attached hydrogens (tertiary/aromatic N) is 2. The van der Waals surface area contributed by atoms with Crippen molar-refractivity contribution in [1.29, 1.82) is 0 Å². The first-order valence-corrected chi connectivity index (χ1v) is 8.28. The quantitative estimate of drug-likeness (QED) is 0.789. The van der Waals surface area contributed by atoms with Crippen LogP contribution in [0, 0.1) is 5.82 Å². The highest BCUT2D eigenvalue weighted by Gasteiger charge is 2.30. The van der Waals surface area contributed by atoms with Gasteiger partial charge in [0.25, 0.3) is 0 Å². The van der Waals surface area contributed by atoms with Crippen LogP contribution in [-0.2, 0) is 11.3 Å². The average molecular weight is 336 g/mol. The van der Waals surface area contributed by atoms with E-state index in [1.807, 2.05) is 0 Å². The summed E-state index contributed by atoms with van der Waals surface area (Å²) >= 11 is 1.25. The molecule has 8 heteroatoms. The van der Waals surface area contributed by atoms with Crippen molar-refractivity contribution in [2.75, 3.05) is 0 Å². The number of carbonyl (C=O) groups is 1. The van der Waals surface area contributed by atoms with Gasteiger partial charge in [-0.05, 0) is 37.5 Å². The third-order valence-electron chi connectivity index (χ3n) is 3.62. The lowest BCUT2D eigenvalue weighted by molar-refractivity contribution is -0.120. The number of hydrogen-bond acceptors (Lipinski definition) is 4. The van der Waals surface area contributed by atoms with Gasteiger partial charge in [0.2, 0.25) is 5.91 Å². The lowest BCUT2D eigenvalue weighted by Crippen LogP contribution is -2.30. The molecule has 0 aliphatic heterocycles. The molecular formula is C15H17FN4O2S. The van der Waals surface area contributed by atoms with Crippen LogP contribution in [0.4, 0.5) is 4.39 Å². The Bertz CT molecular complexity index is 752. The molecule has 0 radical (unpaired) electrons. The van der Waals surface area contributed by atoms with Crippen LogP contribution in [-0.4, -0.2) is 25.9 Å². The minimum Gasteiger partial charge on any atom is -0.351 e. The molecule has 1 saturated carbocycles. The molecule has 0 bridgehead atoms. The number of H-pyrrole nitrogens is 1. The Morgan fingerprint density at radius 1 is 1.48 bits per heavy atom. The van der Waals surface area contributed by atoms with Gasteiger partial charge in [-0.3, -0.25) is 9.36 Å². The van der Waals surface area contributed by atoms with Crippen LogP contribution < -0.4 is 11.0 Å². The summed E-state index contributed by atoms with van der Waals surface area (Å²) in [4.78, 5) is 23.9. The van der Waals surface area contributed by atoms with Crippen molar-refractivity contribution in [3.05, 3.63) is 46.1 Å². The largest absolute Gasteiger partial charge is 0.351 e. The van der Waals surface area contributed by atoms with Crippen molar-refractivity contribution in [3.8, 4) is 0 Å². The summed E-state index contributed by atoms with van der Waals surface area (Å²) in [5, 5.41) is 9.39. The molecule has 1 aromatic heterocycles. The predicted molar refractivity (Wildman–Crippen MR) is 84.7 cm³/mol. The van der Waals surface area contributed by atoms with Crippen molar-refractivity contribution in [1.82, 2.24) is 20.1 Å². The van der Waals surface area contributed by atoms with E-state index in [0.717, 1.165) is 18.4 Å². The molecule has 23 heavy (non-hydrogen) atoms. The van der Waals surface area contributed by atoms with Crippen LogP contribution in [0.15, 0.2) is 34.2 Å². The second-order valence-electron chi connectivity index (χ2n) is 5.52. The number of halogens is 1. The van der Waals surface area contributed by atoms with E-state index < -0.39 is 0 Å². The van der Waals surface area contributed by atoms with Gasteiger partial charge in [-0.15, -0.1) is 5.10 Å². The summed E-state index contributed by atoms with van der Waals surface area (Å²) in [7, 11) is 0. The number of aromatic amines is 1. The lowest BCUT2D eigenvalue weighted by atomic mass is 10.2. The zero-order chi connectivity index (χ0) is 16.4. The highest BCUT2D eigenvalue weighted by molar-refractivity contribution is 8.00. The average Bonchev–Trinajstić information content (AvgIpc) is 3.30. The van der Waals surface area contributed by atoms with Gasteiger partial charge < -0.3 is 5.32 Å². The molecule has 122 valence electrons. The zero-order valence-electron chi connectivity index (χ0n) is 12.6. The second-order valence-corrected chi connectivity index (χ2v) is 6.82. The first-order chi connectivity index (χ1) is 11.0. The minimum absolute atomic E-state index is 0.155. The SMILES string of the molecule is C[C@@H](Sc1n[nH]c(=O)n1C1CC1)C(=O)NCc1ccc(F)cc1. The molecule has 2 aromatic rings. The Balaban J connectivity index is 1.57. The number of aromatic nitrogens is 3. The van der Waals surface area contributed by atoms with Gasteiger partial charge in [-0.2, -0.15) is 0 Å². The summed E-state index contributed by atoms with van der Waals surface area (Å²) < 4.78 is 14.5. The molecule has 0 saturated heterocycles. The third kappa shape index (κ3) is 3.82. The minimum atomic E-state index is -0.386. The van der Waals surface area contributed by atoms with Crippen molar-refractivity contribution >= 4 is 17.7 Å². The van der Waals surface area contributed by atoms with Crippen LogP contribution in [0.2, 0.25) is 0 Å². The van der Waals surface area contributed by atoms with E-state index in [2.05, 4.69) is 15.5 Å². The normalized spacial score (nSPS) is 15.4. The molecule has 0 spiro atoms. The number of carbonyl (C=O) groups excluding carboxylic acids is 1. The summed E-state index contributed by atoms with van der Waals surface area (Å²) in [5.41, 5.74) is 0.598. The Labute approximate surface area is 136 Å². The summed E-state index contributed by atoms with van der Waals surface area (Å²) in [6.45, 7) is 2.10. The van der Waals surface area contributed by atoms with E-state index in [9.17, 15) is 14.0 Å². The fourth-order valence-corrected chi connectivity index (χ4v) is 3.13. The van der Waals surface area contributed by atoms with Gasteiger partial charge in [-0.1, -0.05) is 23.9 Å². The van der Waals surface area contributed by atoms with Gasteiger partial charge >= 0.3 is 5.69 Å². The molecule has 1 atom stereocenters. The molecule has 2 N–H and O–H groups in total. The highest BCUT2D eigenvalue weighted by atomic mass is 32.2. The maximum Gasteiger partial charge on any atom is 0.344 e. The number of nitrogens with one attached hydrogen (secondary N) is 2. The number of benzene rings is 1. The van der Waals surface area contributed by atoms with E-state index >= 15 is 0 Å². The van der Waals surface area contributed by atoms with Crippen molar-refractivity contribution in [3.63, 3.8) is 0 Å². The molecule has 1 heterocycles. The van der Waals surface area contributed by atoms with Crippen molar-refractivity contribution < 1.29 is 9.18 Å². The van der Waals surface area contributed by atoms with Gasteiger partial charge in [0, 0.05) is 12.6 Å². The van der Waals surface area contributed by atoms with E-state index in [4.69, 9.17) is 0 Å². The topological polar surface area (TPSA) is 79.8 Å². The Morgan fingerprint density at radius 2 is 2.17 bits per heavy atom. The summed E-state index contributed by atoms with van der Waals surface area (Å²) in [5.74, 6) is -0.460. The van der Waals surface area contributed by atoms with Crippen LogP contribution in [0.3, 0.4) is 0 Å². The molecule has 1 aliphatic rings. The number of hydrogen-bond donors (Lipinski definition) is 2. The highest BCUT2D eigenvalue weighted by Crippen LogP contribution is 2.36.